The average Bonchev–Trinajstić information content (AvgIpc) is 3.27. The SMILES string of the molecule is O=C(O)CN(C(=O)C1CC(=O)N(c2ccccc2Br)C1)C1CC1. The zero-order chi connectivity index (χ0) is 16.6. The molecule has 1 heterocycles. The van der Waals surface area contributed by atoms with Crippen LogP contribution in [0.4, 0.5) is 5.69 Å². The van der Waals surface area contributed by atoms with E-state index in [4.69, 9.17) is 5.11 Å². The Labute approximate surface area is 142 Å². The largest absolute Gasteiger partial charge is 0.480 e. The van der Waals surface area contributed by atoms with Gasteiger partial charge in [0.2, 0.25) is 11.8 Å². The first-order chi connectivity index (χ1) is 11.0. The smallest absolute Gasteiger partial charge is 0.323 e. The molecule has 1 aliphatic carbocycles. The van der Waals surface area contributed by atoms with Crippen LogP contribution in [0.2, 0.25) is 0 Å². The third-order valence-corrected chi connectivity index (χ3v) is 4.86. The third-order valence-electron chi connectivity index (χ3n) is 4.19. The molecule has 1 N–H and O–H groups in total. The predicted octanol–water partition coefficient (Wildman–Crippen LogP) is 1.88. The van der Waals surface area contributed by atoms with Crippen molar-refractivity contribution in [2.24, 2.45) is 5.92 Å². The fourth-order valence-electron chi connectivity index (χ4n) is 2.93. The normalized spacial score (nSPS) is 20.7. The lowest BCUT2D eigenvalue weighted by molar-refractivity contribution is -0.146. The Balaban J connectivity index is 1.75. The summed E-state index contributed by atoms with van der Waals surface area (Å²) in [6.45, 7) is 0.00629. The lowest BCUT2D eigenvalue weighted by atomic mass is 10.1. The Morgan fingerprint density at radius 3 is 2.61 bits per heavy atom. The van der Waals surface area contributed by atoms with Crippen LogP contribution in [0, 0.1) is 5.92 Å². The molecule has 0 aromatic heterocycles. The maximum atomic E-state index is 12.6. The molecule has 1 saturated heterocycles. The summed E-state index contributed by atoms with van der Waals surface area (Å²) in [5.74, 6) is -1.83. The van der Waals surface area contributed by atoms with E-state index in [2.05, 4.69) is 15.9 Å². The molecule has 0 radical (unpaired) electrons. The Hall–Kier alpha value is -1.89. The van der Waals surface area contributed by atoms with Crippen LogP contribution in [0.15, 0.2) is 28.7 Å². The first-order valence-corrected chi connectivity index (χ1v) is 8.34. The molecule has 1 unspecified atom stereocenters. The minimum absolute atomic E-state index is 0.0196. The van der Waals surface area contributed by atoms with E-state index in [1.165, 1.54) is 4.90 Å². The number of para-hydroxylation sites is 1. The average molecular weight is 381 g/mol. The van der Waals surface area contributed by atoms with Crippen LogP contribution in [0.25, 0.3) is 0 Å². The highest BCUT2D eigenvalue weighted by Gasteiger charge is 2.42. The highest BCUT2D eigenvalue weighted by Crippen LogP contribution is 2.34. The second-order valence-electron chi connectivity index (χ2n) is 5.95. The molecule has 0 bridgehead atoms. The summed E-state index contributed by atoms with van der Waals surface area (Å²) >= 11 is 3.42. The van der Waals surface area contributed by atoms with E-state index >= 15 is 0 Å². The van der Waals surface area contributed by atoms with Crippen molar-refractivity contribution in [2.45, 2.75) is 25.3 Å². The molecule has 2 fully saturated rings. The molecular weight excluding hydrogens is 364 g/mol. The van der Waals surface area contributed by atoms with Gasteiger partial charge in [0.15, 0.2) is 0 Å². The Morgan fingerprint density at radius 1 is 1.30 bits per heavy atom. The Bertz CT molecular complexity index is 659. The van der Waals surface area contributed by atoms with Gasteiger partial charge in [-0.1, -0.05) is 12.1 Å². The number of rotatable bonds is 5. The molecule has 1 atom stereocenters. The van der Waals surface area contributed by atoms with Gasteiger partial charge >= 0.3 is 5.97 Å². The molecule has 122 valence electrons. The number of carboxylic acid groups (broad SMARTS) is 1. The van der Waals surface area contributed by atoms with Crippen LogP contribution in [-0.4, -0.2) is 46.9 Å². The van der Waals surface area contributed by atoms with Gasteiger partial charge < -0.3 is 14.9 Å². The van der Waals surface area contributed by atoms with Crippen LogP contribution in [0.5, 0.6) is 0 Å². The number of benzene rings is 1. The van der Waals surface area contributed by atoms with Gasteiger partial charge in [-0.15, -0.1) is 0 Å². The van der Waals surface area contributed by atoms with Crippen molar-refractivity contribution in [1.29, 1.82) is 0 Å². The zero-order valence-electron chi connectivity index (χ0n) is 12.4. The second-order valence-corrected chi connectivity index (χ2v) is 6.80. The first kappa shape index (κ1) is 16.0. The molecule has 1 saturated carbocycles. The molecule has 6 nitrogen and oxygen atoms in total. The van der Waals surface area contributed by atoms with E-state index in [0.29, 0.717) is 6.54 Å². The highest BCUT2D eigenvalue weighted by molar-refractivity contribution is 9.10. The summed E-state index contributed by atoms with van der Waals surface area (Å²) in [4.78, 5) is 38.9. The van der Waals surface area contributed by atoms with Gasteiger partial charge in [0.05, 0.1) is 11.6 Å². The van der Waals surface area contributed by atoms with Crippen LogP contribution in [0.3, 0.4) is 0 Å². The number of aliphatic carboxylic acids is 1. The van der Waals surface area contributed by atoms with Crippen molar-refractivity contribution >= 4 is 39.4 Å². The van der Waals surface area contributed by atoms with Crippen molar-refractivity contribution in [1.82, 2.24) is 4.90 Å². The van der Waals surface area contributed by atoms with Crippen molar-refractivity contribution in [2.75, 3.05) is 18.0 Å². The maximum absolute atomic E-state index is 12.6. The maximum Gasteiger partial charge on any atom is 0.323 e. The van der Waals surface area contributed by atoms with Crippen LogP contribution in [-0.2, 0) is 14.4 Å². The summed E-state index contributed by atoms with van der Waals surface area (Å²) in [6.07, 6.45) is 1.81. The van der Waals surface area contributed by atoms with Crippen LogP contribution in [0.1, 0.15) is 19.3 Å². The van der Waals surface area contributed by atoms with Crippen molar-refractivity contribution in [3.8, 4) is 0 Å². The van der Waals surface area contributed by atoms with E-state index in [0.717, 1.165) is 23.0 Å². The molecule has 0 spiro atoms. The Morgan fingerprint density at radius 2 is 2.00 bits per heavy atom. The summed E-state index contributed by atoms with van der Waals surface area (Å²) in [7, 11) is 0. The van der Waals surface area contributed by atoms with Gasteiger partial charge in [-0.3, -0.25) is 14.4 Å². The Kier molecular flexibility index (Phi) is 4.39. The van der Waals surface area contributed by atoms with Crippen LogP contribution >= 0.6 is 15.9 Å². The number of carbonyl (C=O) groups is 3. The number of anilines is 1. The topological polar surface area (TPSA) is 77.9 Å². The molecule has 2 aliphatic rings. The molecule has 7 heteroatoms. The molecule has 1 aromatic carbocycles. The number of carboxylic acids is 1. The van der Waals surface area contributed by atoms with Gasteiger partial charge in [-0.25, -0.2) is 0 Å². The van der Waals surface area contributed by atoms with E-state index in [9.17, 15) is 14.4 Å². The molecule has 2 amide bonds. The van der Waals surface area contributed by atoms with Crippen LogP contribution < -0.4 is 4.90 Å². The van der Waals surface area contributed by atoms with Crippen molar-refractivity contribution in [3.05, 3.63) is 28.7 Å². The lowest BCUT2D eigenvalue weighted by Crippen LogP contribution is -2.42. The summed E-state index contributed by atoms with van der Waals surface area (Å²) < 4.78 is 0.797. The number of halogens is 1. The predicted molar refractivity (Wildman–Crippen MR) is 87.0 cm³/mol. The fraction of sp³-hybridized carbons (Fsp3) is 0.438. The first-order valence-electron chi connectivity index (χ1n) is 7.54. The van der Waals surface area contributed by atoms with Gasteiger partial charge in [0, 0.05) is 23.5 Å². The highest BCUT2D eigenvalue weighted by atomic mass is 79.9. The quantitative estimate of drug-likeness (QED) is 0.845. The summed E-state index contributed by atoms with van der Waals surface area (Å²) in [6, 6.07) is 7.39. The number of nitrogens with zero attached hydrogens (tertiary/aromatic N) is 2. The third kappa shape index (κ3) is 3.39. The van der Waals surface area contributed by atoms with Gasteiger partial charge in [-0.05, 0) is 40.9 Å². The standard InChI is InChI=1S/C16H17BrN2O4/c17-12-3-1-2-4-13(12)19-8-10(7-14(19)20)16(23)18(9-15(21)22)11-5-6-11/h1-4,10-11H,5-9H2,(H,21,22). The minimum atomic E-state index is -1.02. The molecular formula is C16H17BrN2O4. The number of hydrogen-bond donors (Lipinski definition) is 1. The van der Waals surface area contributed by atoms with Crippen molar-refractivity contribution in [3.63, 3.8) is 0 Å². The van der Waals surface area contributed by atoms with Gasteiger partial charge in [0.25, 0.3) is 0 Å². The second kappa shape index (κ2) is 6.31. The van der Waals surface area contributed by atoms with E-state index in [1.54, 1.807) is 4.90 Å². The van der Waals surface area contributed by atoms with E-state index in [1.807, 2.05) is 24.3 Å². The van der Waals surface area contributed by atoms with Gasteiger partial charge in [-0.2, -0.15) is 0 Å². The summed E-state index contributed by atoms with van der Waals surface area (Å²) in [5.41, 5.74) is 0.740. The minimum Gasteiger partial charge on any atom is -0.480 e. The fourth-order valence-corrected chi connectivity index (χ4v) is 3.43. The lowest BCUT2D eigenvalue weighted by Gasteiger charge is -2.24. The number of carbonyl (C=O) groups excluding carboxylic acids is 2. The molecule has 23 heavy (non-hydrogen) atoms. The van der Waals surface area contributed by atoms with E-state index < -0.39 is 11.9 Å². The molecule has 1 aromatic rings. The number of hydrogen-bond acceptors (Lipinski definition) is 3. The van der Waals surface area contributed by atoms with E-state index in [-0.39, 0.29) is 30.8 Å². The van der Waals surface area contributed by atoms with Crippen molar-refractivity contribution < 1.29 is 19.5 Å². The molecule has 3 rings (SSSR count). The summed E-state index contributed by atoms with van der Waals surface area (Å²) in [5, 5.41) is 8.99. The molecule has 1 aliphatic heterocycles. The number of amides is 2. The monoisotopic (exact) mass is 380 g/mol. The zero-order valence-corrected chi connectivity index (χ0v) is 14.0. The van der Waals surface area contributed by atoms with Gasteiger partial charge in [0.1, 0.15) is 6.54 Å².